The molecule has 1 saturated carbocycles. The molecule has 4 nitrogen and oxygen atoms in total. The molecule has 0 atom stereocenters. The van der Waals surface area contributed by atoms with E-state index in [0.29, 0.717) is 18.6 Å². The van der Waals surface area contributed by atoms with Gasteiger partial charge in [0.1, 0.15) is 0 Å². The Hall–Kier alpha value is -0.610. The lowest BCUT2D eigenvalue weighted by Gasteiger charge is -2.44. The highest BCUT2D eigenvalue weighted by molar-refractivity contribution is 5.75. The zero-order valence-electron chi connectivity index (χ0n) is 14.6. The fourth-order valence-corrected chi connectivity index (χ4v) is 3.09. The maximum Gasteiger partial charge on any atom is 0.313 e. The lowest BCUT2D eigenvalue weighted by atomic mass is 9.68. The molecule has 0 aromatic heterocycles. The third-order valence-corrected chi connectivity index (χ3v) is 4.97. The van der Waals surface area contributed by atoms with Crippen LogP contribution in [0.2, 0.25) is 0 Å². The Bertz CT molecular complexity index is 350. The van der Waals surface area contributed by atoms with Gasteiger partial charge in [0.2, 0.25) is 0 Å². The van der Waals surface area contributed by atoms with Gasteiger partial charge in [0.15, 0.2) is 0 Å². The van der Waals surface area contributed by atoms with Crippen LogP contribution in [0.5, 0.6) is 0 Å². The first-order valence-electron chi connectivity index (χ1n) is 7.99. The first kappa shape index (κ1) is 18.4. The number of carbonyl (C=O) groups excluding carboxylic acids is 1. The molecule has 0 radical (unpaired) electrons. The van der Waals surface area contributed by atoms with Gasteiger partial charge < -0.3 is 15.2 Å². The molecular formula is C17H33NO3. The topological polar surface area (TPSA) is 61.5 Å². The van der Waals surface area contributed by atoms with Gasteiger partial charge in [0.05, 0.1) is 24.7 Å². The van der Waals surface area contributed by atoms with Gasteiger partial charge in [-0.25, -0.2) is 0 Å². The molecule has 0 spiro atoms. The van der Waals surface area contributed by atoms with Crippen LogP contribution in [-0.4, -0.2) is 31.8 Å². The van der Waals surface area contributed by atoms with E-state index in [0.717, 1.165) is 31.6 Å². The molecule has 21 heavy (non-hydrogen) atoms. The van der Waals surface area contributed by atoms with Crippen LogP contribution < -0.4 is 5.73 Å². The Morgan fingerprint density at radius 2 is 1.71 bits per heavy atom. The zero-order chi connectivity index (χ0) is 16.3. The standard InChI is InChI=1S/C17H33NO3/c1-15(2,3)13-7-9-17(11-18,10-8-13)21-12-16(4,5)14(19)20-6/h13H,7-12,18H2,1-6H3. The summed E-state index contributed by atoms with van der Waals surface area (Å²) in [6.45, 7) is 11.5. The molecule has 1 rings (SSSR count). The Labute approximate surface area is 129 Å². The lowest BCUT2D eigenvalue weighted by molar-refractivity contribution is -0.161. The third-order valence-electron chi connectivity index (χ3n) is 4.97. The Morgan fingerprint density at radius 1 is 1.19 bits per heavy atom. The van der Waals surface area contributed by atoms with Gasteiger partial charge >= 0.3 is 5.97 Å². The highest BCUT2D eigenvalue weighted by Crippen LogP contribution is 2.43. The van der Waals surface area contributed by atoms with E-state index in [-0.39, 0.29) is 11.6 Å². The van der Waals surface area contributed by atoms with Crippen LogP contribution in [0.15, 0.2) is 0 Å². The van der Waals surface area contributed by atoms with Crippen LogP contribution in [0, 0.1) is 16.7 Å². The van der Waals surface area contributed by atoms with E-state index in [1.807, 2.05) is 13.8 Å². The summed E-state index contributed by atoms with van der Waals surface area (Å²) >= 11 is 0. The van der Waals surface area contributed by atoms with Gasteiger partial charge in [0, 0.05) is 6.54 Å². The van der Waals surface area contributed by atoms with Crippen molar-refractivity contribution in [1.29, 1.82) is 0 Å². The van der Waals surface area contributed by atoms with Crippen LogP contribution in [-0.2, 0) is 14.3 Å². The molecule has 0 saturated heterocycles. The number of ether oxygens (including phenoxy) is 2. The molecule has 4 heteroatoms. The molecule has 0 bridgehead atoms. The van der Waals surface area contributed by atoms with Gasteiger partial charge in [-0.15, -0.1) is 0 Å². The van der Waals surface area contributed by atoms with Crippen LogP contribution in [0.25, 0.3) is 0 Å². The van der Waals surface area contributed by atoms with Gasteiger partial charge in [-0.3, -0.25) is 4.79 Å². The van der Waals surface area contributed by atoms with Gasteiger partial charge in [-0.2, -0.15) is 0 Å². The first-order valence-corrected chi connectivity index (χ1v) is 7.99. The van der Waals surface area contributed by atoms with E-state index >= 15 is 0 Å². The third kappa shape index (κ3) is 4.68. The number of rotatable bonds is 5. The molecule has 1 aliphatic carbocycles. The molecule has 0 aromatic rings. The average Bonchev–Trinajstić information content (AvgIpc) is 2.43. The molecule has 124 valence electrons. The van der Waals surface area contributed by atoms with Crippen molar-refractivity contribution in [2.24, 2.45) is 22.5 Å². The largest absolute Gasteiger partial charge is 0.469 e. The summed E-state index contributed by atoms with van der Waals surface area (Å²) in [7, 11) is 1.41. The van der Waals surface area contributed by atoms with E-state index in [1.165, 1.54) is 7.11 Å². The number of methoxy groups -OCH3 is 1. The molecule has 2 N–H and O–H groups in total. The van der Waals surface area contributed by atoms with Gasteiger partial charge in [0.25, 0.3) is 0 Å². The molecule has 1 fully saturated rings. The zero-order valence-corrected chi connectivity index (χ0v) is 14.6. The summed E-state index contributed by atoms with van der Waals surface area (Å²) < 4.78 is 11.0. The Morgan fingerprint density at radius 3 is 2.10 bits per heavy atom. The van der Waals surface area contributed by atoms with Crippen LogP contribution in [0.1, 0.15) is 60.3 Å². The SMILES string of the molecule is COC(=O)C(C)(C)COC1(CN)CCC(C(C)(C)C)CC1. The summed E-state index contributed by atoms with van der Waals surface area (Å²) in [6.07, 6.45) is 4.23. The molecule has 1 aliphatic rings. The number of esters is 1. The second kappa shape index (κ2) is 6.66. The highest BCUT2D eigenvalue weighted by Gasteiger charge is 2.40. The van der Waals surface area contributed by atoms with Crippen molar-refractivity contribution in [1.82, 2.24) is 0 Å². The minimum Gasteiger partial charge on any atom is -0.469 e. The smallest absolute Gasteiger partial charge is 0.313 e. The summed E-state index contributed by atoms with van der Waals surface area (Å²) in [5.74, 6) is 0.479. The first-order chi connectivity index (χ1) is 9.56. The highest BCUT2D eigenvalue weighted by atomic mass is 16.5. The molecule has 0 aliphatic heterocycles. The van der Waals surface area contributed by atoms with Gasteiger partial charge in [-0.05, 0) is 50.9 Å². The summed E-state index contributed by atoms with van der Waals surface area (Å²) in [4.78, 5) is 11.7. The van der Waals surface area contributed by atoms with E-state index in [2.05, 4.69) is 20.8 Å². The van der Waals surface area contributed by atoms with Crippen LogP contribution >= 0.6 is 0 Å². The maximum atomic E-state index is 11.7. The fourth-order valence-electron chi connectivity index (χ4n) is 3.09. The molecule has 0 aromatic carbocycles. The lowest BCUT2D eigenvalue weighted by Crippen LogP contribution is -2.48. The van der Waals surface area contributed by atoms with Crippen molar-refractivity contribution in [3.8, 4) is 0 Å². The second-order valence-corrected chi connectivity index (χ2v) is 8.19. The molecule has 0 heterocycles. The van der Waals surface area contributed by atoms with E-state index in [4.69, 9.17) is 15.2 Å². The van der Waals surface area contributed by atoms with Crippen LogP contribution in [0.4, 0.5) is 0 Å². The van der Waals surface area contributed by atoms with E-state index < -0.39 is 5.41 Å². The predicted octanol–water partition coefficient (Wildman–Crippen LogP) is 3.14. The minimum absolute atomic E-state index is 0.238. The number of hydrogen-bond donors (Lipinski definition) is 1. The van der Waals surface area contributed by atoms with Crippen molar-refractivity contribution in [2.45, 2.75) is 65.9 Å². The average molecular weight is 299 g/mol. The second-order valence-electron chi connectivity index (χ2n) is 8.19. The Balaban J connectivity index is 2.62. The predicted molar refractivity (Wildman–Crippen MR) is 84.9 cm³/mol. The monoisotopic (exact) mass is 299 g/mol. The van der Waals surface area contributed by atoms with Crippen molar-refractivity contribution in [3.63, 3.8) is 0 Å². The van der Waals surface area contributed by atoms with Crippen molar-refractivity contribution < 1.29 is 14.3 Å². The quantitative estimate of drug-likeness (QED) is 0.792. The van der Waals surface area contributed by atoms with Crippen LogP contribution in [0.3, 0.4) is 0 Å². The summed E-state index contributed by atoms with van der Waals surface area (Å²) in [5.41, 5.74) is 5.43. The van der Waals surface area contributed by atoms with Crippen molar-refractivity contribution >= 4 is 5.97 Å². The van der Waals surface area contributed by atoms with Gasteiger partial charge in [-0.1, -0.05) is 20.8 Å². The molecular weight excluding hydrogens is 266 g/mol. The molecule has 0 unspecified atom stereocenters. The number of hydrogen-bond acceptors (Lipinski definition) is 4. The maximum absolute atomic E-state index is 11.7. The number of carbonyl (C=O) groups is 1. The minimum atomic E-state index is -0.627. The normalized spacial score (nSPS) is 27.5. The van der Waals surface area contributed by atoms with Crippen molar-refractivity contribution in [2.75, 3.05) is 20.3 Å². The summed E-state index contributed by atoms with van der Waals surface area (Å²) in [5, 5.41) is 0. The summed E-state index contributed by atoms with van der Waals surface area (Å²) in [6, 6.07) is 0. The molecule has 0 amide bonds. The van der Waals surface area contributed by atoms with Crippen molar-refractivity contribution in [3.05, 3.63) is 0 Å². The van der Waals surface area contributed by atoms with E-state index in [1.54, 1.807) is 0 Å². The fraction of sp³-hybridized carbons (Fsp3) is 0.941. The van der Waals surface area contributed by atoms with E-state index in [9.17, 15) is 4.79 Å². The number of nitrogens with two attached hydrogens (primary N) is 1. The Kier molecular flexibility index (Phi) is 5.84.